The number of halogens is 1. The van der Waals surface area contributed by atoms with Gasteiger partial charge in [0, 0.05) is 23.7 Å². The predicted octanol–water partition coefficient (Wildman–Crippen LogP) is 6.09. The molecule has 142 valence electrons. The van der Waals surface area contributed by atoms with E-state index in [1.165, 1.54) is 6.07 Å². The van der Waals surface area contributed by atoms with Gasteiger partial charge >= 0.3 is 0 Å². The van der Waals surface area contributed by atoms with E-state index in [9.17, 15) is 14.9 Å². The Hall–Kier alpha value is -2.99. The molecule has 1 unspecified atom stereocenters. The molecule has 1 N–H and O–H groups in total. The maximum atomic E-state index is 12.8. The van der Waals surface area contributed by atoms with Crippen LogP contribution < -0.4 is 5.32 Å². The summed E-state index contributed by atoms with van der Waals surface area (Å²) in [6.07, 6.45) is 0.177. The molecular weight excluding hydrogens is 420 g/mol. The van der Waals surface area contributed by atoms with E-state index in [1.807, 2.05) is 49.4 Å². The number of nitro groups is 1. The van der Waals surface area contributed by atoms with E-state index in [2.05, 4.69) is 21.2 Å². The molecular formula is C22H19BrN2O3. The highest BCUT2D eigenvalue weighted by Gasteiger charge is 2.21. The molecule has 0 aliphatic heterocycles. The molecule has 0 heterocycles. The number of aryl methyl sites for hydroxylation is 1. The molecule has 0 fully saturated rings. The molecule has 3 rings (SSSR count). The number of hydrogen-bond donors (Lipinski definition) is 1. The van der Waals surface area contributed by atoms with Gasteiger partial charge in [0.2, 0.25) is 0 Å². The molecule has 0 aromatic heterocycles. The lowest BCUT2D eigenvalue weighted by Crippen LogP contribution is -2.16. The van der Waals surface area contributed by atoms with Crippen LogP contribution in [0.1, 0.15) is 33.9 Å². The highest BCUT2D eigenvalue weighted by Crippen LogP contribution is 2.31. The van der Waals surface area contributed by atoms with Crippen molar-refractivity contribution in [2.24, 2.45) is 0 Å². The number of ketones is 1. The van der Waals surface area contributed by atoms with Gasteiger partial charge in [-0.2, -0.15) is 0 Å². The summed E-state index contributed by atoms with van der Waals surface area (Å²) in [4.78, 5) is 23.7. The van der Waals surface area contributed by atoms with E-state index in [0.717, 1.165) is 11.3 Å². The smallest absolute Gasteiger partial charge is 0.283 e. The summed E-state index contributed by atoms with van der Waals surface area (Å²) < 4.78 is 0.407. The third-order valence-electron chi connectivity index (χ3n) is 4.45. The van der Waals surface area contributed by atoms with Crippen LogP contribution in [0.2, 0.25) is 0 Å². The van der Waals surface area contributed by atoms with Crippen molar-refractivity contribution < 1.29 is 9.72 Å². The number of hydrogen-bond acceptors (Lipinski definition) is 4. The Morgan fingerprint density at radius 1 is 1.07 bits per heavy atom. The predicted molar refractivity (Wildman–Crippen MR) is 114 cm³/mol. The van der Waals surface area contributed by atoms with Crippen molar-refractivity contribution in [2.75, 3.05) is 5.32 Å². The van der Waals surface area contributed by atoms with Gasteiger partial charge in [-0.05, 0) is 46.6 Å². The fourth-order valence-corrected chi connectivity index (χ4v) is 3.31. The fourth-order valence-electron chi connectivity index (χ4n) is 2.92. The Bertz CT molecular complexity index is 988. The molecule has 1 atom stereocenters. The van der Waals surface area contributed by atoms with Gasteiger partial charge in [-0.15, -0.1) is 0 Å². The first kappa shape index (κ1) is 19.8. The Balaban J connectivity index is 1.94. The fraction of sp³-hybridized carbons (Fsp3) is 0.136. The Labute approximate surface area is 171 Å². The van der Waals surface area contributed by atoms with Gasteiger partial charge in [-0.25, -0.2) is 0 Å². The van der Waals surface area contributed by atoms with Gasteiger partial charge in [0.1, 0.15) is 0 Å². The number of Topliss-reactive ketones (excluding diaryl/α,β-unsaturated/α-hetero) is 1. The van der Waals surface area contributed by atoms with E-state index >= 15 is 0 Å². The molecule has 6 heteroatoms. The van der Waals surface area contributed by atoms with Crippen molar-refractivity contribution in [2.45, 2.75) is 19.4 Å². The zero-order chi connectivity index (χ0) is 20.1. The number of anilines is 1. The average molecular weight is 439 g/mol. The standard InChI is InChI=1S/C22H19BrN2O3/c1-15-7-10-18(11-8-15)24-20(14-22(26)16-5-3-2-4-6-16)17-9-12-19(23)21(13-17)25(27)28/h2-13,20,24H,14H2,1H3. The molecule has 0 aliphatic rings. The van der Waals surface area contributed by atoms with Crippen molar-refractivity contribution in [1.82, 2.24) is 0 Å². The van der Waals surface area contributed by atoms with Gasteiger partial charge in [0.15, 0.2) is 5.78 Å². The van der Waals surface area contributed by atoms with Crippen LogP contribution in [0.25, 0.3) is 0 Å². The first-order chi connectivity index (χ1) is 13.4. The van der Waals surface area contributed by atoms with E-state index in [0.29, 0.717) is 15.6 Å². The van der Waals surface area contributed by atoms with E-state index in [1.54, 1.807) is 24.3 Å². The topological polar surface area (TPSA) is 72.2 Å². The molecule has 28 heavy (non-hydrogen) atoms. The molecule has 0 saturated heterocycles. The van der Waals surface area contributed by atoms with Gasteiger partial charge in [-0.1, -0.05) is 54.1 Å². The highest BCUT2D eigenvalue weighted by molar-refractivity contribution is 9.10. The highest BCUT2D eigenvalue weighted by atomic mass is 79.9. The Kier molecular flexibility index (Phi) is 6.21. The molecule has 5 nitrogen and oxygen atoms in total. The van der Waals surface area contributed by atoms with Crippen LogP contribution in [0.4, 0.5) is 11.4 Å². The van der Waals surface area contributed by atoms with Gasteiger partial charge in [-0.3, -0.25) is 14.9 Å². The Morgan fingerprint density at radius 2 is 1.75 bits per heavy atom. The minimum absolute atomic E-state index is 0.0274. The maximum absolute atomic E-state index is 12.8. The average Bonchev–Trinajstić information content (AvgIpc) is 2.70. The van der Waals surface area contributed by atoms with E-state index in [-0.39, 0.29) is 17.9 Å². The lowest BCUT2D eigenvalue weighted by Gasteiger charge is -2.20. The molecule has 3 aromatic carbocycles. The van der Waals surface area contributed by atoms with Gasteiger partial charge in [0.25, 0.3) is 5.69 Å². The normalized spacial score (nSPS) is 11.6. The quantitative estimate of drug-likeness (QED) is 0.275. The first-order valence-electron chi connectivity index (χ1n) is 8.79. The van der Waals surface area contributed by atoms with Gasteiger partial charge < -0.3 is 5.32 Å². The van der Waals surface area contributed by atoms with Crippen molar-refractivity contribution in [1.29, 1.82) is 0 Å². The zero-order valence-corrected chi connectivity index (χ0v) is 16.8. The monoisotopic (exact) mass is 438 g/mol. The summed E-state index contributed by atoms with van der Waals surface area (Å²) in [6, 6.07) is 21.4. The summed E-state index contributed by atoms with van der Waals surface area (Å²) >= 11 is 3.21. The molecule has 0 radical (unpaired) electrons. The minimum atomic E-state index is -0.435. The number of nitro benzene ring substituents is 1. The molecule has 0 amide bonds. The van der Waals surface area contributed by atoms with Crippen LogP contribution in [-0.2, 0) is 0 Å². The van der Waals surface area contributed by atoms with Crippen LogP contribution in [0.15, 0.2) is 77.3 Å². The number of benzene rings is 3. The van der Waals surface area contributed by atoms with Crippen LogP contribution >= 0.6 is 15.9 Å². The van der Waals surface area contributed by atoms with Crippen LogP contribution in [-0.4, -0.2) is 10.7 Å². The van der Waals surface area contributed by atoms with Crippen molar-refractivity contribution in [3.63, 3.8) is 0 Å². The summed E-state index contributed by atoms with van der Waals surface area (Å²) in [6.45, 7) is 2.00. The SMILES string of the molecule is Cc1ccc(NC(CC(=O)c2ccccc2)c2ccc(Br)c([N+](=O)[O-])c2)cc1. The third kappa shape index (κ3) is 4.84. The summed E-state index contributed by atoms with van der Waals surface area (Å²) in [7, 11) is 0. The molecule has 0 saturated carbocycles. The molecule has 0 aliphatic carbocycles. The van der Waals surface area contributed by atoms with E-state index < -0.39 is 11.0 Å². The summed E-state index contributed by atoms with van der Waals surface area (Å²) in [5.74, 6) is -0.0317. The number of carbonyl (C=O) groups excluding carboxylic acids is 1. The lowest BCUT2D eigenvalue weighted by molar-refractivity contribution is -0.385. The molecule has 0 spiro atoms. The number of nitrogens with one attached hydrogen (secondary N) is 1. The van der Waals surface area contributed by atoms with Crippen LogP contribution in [0, 0.1) is 17.0 Å². The molecule has 0 bridgehead atoms. The van der Waals surface area contributed by atoms with Crippen molar-refractivity contribution in [3.05, 3.63) is 104 Å². The Morgan fingerprint density at radius 3 is 2.39 bits per heavy atom. The summed E-state index contributed by atoms with van der Waals surface area (Å²) in [5, 5.41) is 14.7. The van der Waals surface area contributed by atoms with Crippen molar-refractivity contribution >= 4 is 33.1 Å². The maximum Gasteiger partial charge on any atom is 0.283 e. The van der Waals surface area contributed by atoms with Gasteiger partial charge in [0.05, 0.1) is 15.4 Å². The second kappa shape index (κ2) is 8.80. The molecule has 3 aromatic rings. The largest absolute Gasteiger partial charge is 0.378 e. The van der Waals surface area contributed by atoms with Crippen LogP contribution in [0.5, 0.6) is 0 Å². The number of carbonyl (C=O) groups is 1. The van der Waals surface area contributed by atoms with Crippen LogP contribution in [0.3, 0.4) is 0 Å². The second-order valence-electron chi connectivity index (χ2n) is 6.52. The summed E-state index contributed by atoms with van der Waals surface area (Å²) in [5.41, 5.74) is 3.24. The lowest BCUT2D eigenvalue weighted by atomic mass is 9.97. The number of rotatable bonds is 7. The first-order valence-corrected chi connectivity index (χ1v) is 9.58. The van der Waals surface area contributed by atoms with Crippen molar-refractivity contribution in [3.8, 4) is 0 Å². The third-order valence-corrected chi connectivity index (χ3v) is 5.12. The van der Waals surface area contributed by atoms with E-state index in [4.69, 9.17) is 0 Å². The minimum Gasteiger partial charge on any atom is -0.378 e. The number of nitrogens with zero attached hydrogens (tertiary/aromatic N) is 1. The zero-order valence-electron chi connectivity index (χ0n) is 15.3. The second-order valence-corrected chi connectivity index (χ2v) is 7.38.